The quantitative estimate of drug-likeness (QED) is 0.669. The van der Waals surface area contributed by atoms with E-state index in [9.17, 15) is 4.79 Å². The highest BCUT2D eigenvalue weighted by molar-refractivity contribution is 5.87. The first-order valence-corrected chi connectivity index (χ1v) is 9.22. The van der Waals surface area contributed by atoms with E-state index >= 15 is 0 Å². The predicted molar refractivity (Wildman–Crippen MR) is 108 cm³/mol. The molecule has 2 N–H and O–H groups in total. The average molecular weight is 375 g/mol. The second kappa shape index (κ2) is 8.15. The smallest absolute Gasteiger partial charge is 0.411 e. The van der Waals surface area contributed by atoms with Gasteiger partial charge in [-0.05, 0) is 34.4 Å². The summed E-state index contributed by atoms with van der Waals surface area (Å²) in [5.41, 5.74) is 5.23. The molecule has 0 unspecified atom stereocenters. The molecule has 0 aliphatic heterocycles. The van der Waals surface area contributed by atoms with E-state index in [1.807, 2.05) is 24.3 Å². The monoisotopic (exact) mass is 375 g/mol. The van der Waals surface area contributed by atoms with E-state index in [1.54, 1.807) is 24.3 Å². The lowest BCUT2D eigenvalue weighted by molar-refractivity contribution is 0.158. The van der Waals surface area contributed by atoms with Crippen molar-refractivity contribution in [1.29, 1.82) is 0 Å². The third-order valence-electron chi connectivity index (χ3n) is 4.82. The molecule has 0 aromatic heterocycles. The zero-order chi connectivity index (χ0) is 19.3. The Morgan fingerprint density at radius 2 is 1.50 bits per heavy atom. The minimum absolute atomic E-state index is 0.0130. The van der Waals surface area contributed by atoms with Gasteiger partial charge in [0.15, 0.2) is 0 Å². The van der Waals surface area contributed by atoms with Crippen LogP contribution in [-0.2, 0) is 4.74 Å². The van der Waals surface area contributed by atoms with Gasteiger partial charge in [-0.1, -0.05) is 60.7 Å². The van der Waals surface area contributed by atoms with Gasteiger partial charge < -0.3 is 14.6 Å². The number of carbonyl (C=O) groups is 1. The van der Waals surface area contributed by atoms with Gasteiger partial charge in [0.05, 0.1) is 12.3 Å². The fourth-order valence-electron chi connectivity index (χ4n) is 3.60. The van der Waals surface area contributed by atoms with Crippen molar-refractivity contribution in [3.8, 4) is 16.9 Å². The standard InChI is InChI=1S/C23H21NO4/c25-13-14-27-22-12-6-5-11-21(22)24-23(26)28-15-20-18-9-3-1-7-16(18)17-8-2-4-10-19(17)20/h1-12,20,25H,13-15H2,(H,24,26). The fraction of sp³-hybridized carbons (Fsp3) is 0.174. The molecular formula is C23H21NO4. The Hall–Kier alpha value is -3.31. The van der Waals surface area contributed by atoms with Crippen LogP contribution in [-0.4, -0.2) is 31.0 Å². The first-order valence-electron chi connectivity index (χ1n) is 9.22. The van der Waals surface area contributed by atoms with Crippen molar-refractivity contribution in [1.82, 2.24) is 0 Å². The molecule has 0 saturated heterocycles. The second-order valence-electron chi connectivity index (χ2n) is 6.52. The van der Waals surface area contributed by atoms with Crippen LogP contribution >= 0.6 is 0 Å². The molecule has 5 nitrogen and oxygen atoms in total. The molecule has 0 atom stereocenters. The molecule has 0 radical (unpaired) electrons. The van der Waals surface area contributed by atoms with Crippen LogP contribution in [0.5, 0.6) is 5.75 Å². The maximum absolute atomic E-state index is 12.4. The van der Waals surface area contributed by atoms with Crippen molar-refractivity contribution in [3.63, 3.8) is 0 Å². The Morgan fingerprint density at radius 1 is 0.893 bits per heavy atom. The molecule has 0 bridgehead atoms. The Labute approximate surface area is 163 Å². The van der Waals surface area contributed by atoms with Crippen molar-refractivity contribution in [2.75, 3.05) is 25.1 Å². The lowest BCUT2D eigenvalue weighted by Crippen LogP contribution is -2.18. The van der Waals surface area contributed by atoms with Crippen LogP contribution in [0.1, 0.15) is 17.0 Å². The zero-order valence-electron chi connectivity index (χ0n) is 15.3. The number of para-hydroxylation sites is 2. The van der Waals surface area contributed by atoms with E-state index in [0.29, 0.717) is 11.4 Å². The summed E-state index contributed by atoms with van der Waals surface area (Å²) in [7, 11) is 0. The van der Waals surface area contributed by atoms with Crippen LogP contribution in [0.2, 0.25) is 0 Å². The number of anilines is 1. The predicted octanol–water partition coefficient (Wildman–Crippen LogP) is 4.42. The normalized spacial score (nSPS) is 12.2. The molecule has 1 amide bonds. The third-order valence-corrected chi connectivity index (χ3v) is 4.82. The van der Waals surface area contributed by atoms with Gasteiger partial charge in [-0.15, -0.1) is 0 Å². The molecule has 5 heteroatoms. The summed E-state index contributed by atoms with van der Waals surface area (Å²) in [5.74, 6) is 0.504. The Morgan fingerprint density at radius 3 is 2.18 bits per heavy atom. The highest BCUT2D eigenvalue weighted by Crippen LogP contribution is 2.44. The number of carbonyl (C=O) groups excluding carboxylic acids is 1. The Kier molecular flexibility index (Phi) is 5.26. The number of rotatable bonds is 6. The van der Waals surface area contributed by atoms with Crippen LogP contribution in [0, 0.1) is 0 Å². The average Bonchev–Trinajstić information content (AvgIpc) is 3.05. The van der Waals surface area contributed by atoms with E-state index in [4.69, 9.17) is 14.6 Å². The molecule has 0 spiro atoms. The van der Waals surface area contributed by atoms with Crippen molar-refractivity contribution < 1.29 is 19.4 Å². The highest BCUT2D eigenvalue weighted by Gasteiger charge is 2.29. The Balaban J connectivity index is 1.46. The molecule has 3 aromatic rings. The maximum Gasteiger partial charge on any atom is 0.411 e. The van der Waals surface area contributed by atoms with E-state index in [1.165, 1.54) is 22.3 Å². The number of aliphatic hydroxyl groups excluding tert-OH is 1. The summed E-state index contributed by atoms with van der Waals surface area (Å²) in [6.45, 7) is 0.308. The van der Waals surface area contributed by atoms with E-state index in [2.05, 4.69) is 29.6 Å². The fourth-order valence-corrected chi connectivity index (χ4v) is 3.60. The van der Waals surface area contributed by atoms with Crippen LogP contribution in [0.15, 0.2) is 72.8 Å². The molecule has 3 aromatic carbocycles. The Bertz CT molecular complexity index is 940. The van der Waals surface area contributed by atoms with Crippen molar-refractivity contribution >= 4 is 11.8 Å². The van der Waals surface area contributed by atoms with Crippen LogP contribution in [0.3, 0.4) is 0 Å². The van der Waals surface area contributed by atoms with E-state index in [-0.39, 0.29) is 25.7 Å². The number of aliphatic hydroxyl groups is 1. The number of ether oxygens (including phenoxy) is 2. The van der Waals surface area contributed by atoms with Gasteiger partial charge in [-0.3, -0.25) is 5.32 Å². The lowest BCUT2D eigenvalue weighted by atomic mass is 9.98. The first-order chi connectivity index (χ1) is 13.8. The molecular weight excluding hydrogens is 354 g/mol. The first kappa shape index (κ1) is 18.1. The molecule has 0 fully saturated rings. The minimum Gasteiger partial charge on any atom is -0.489 e. The number of fused-ring (bicyclic) bond motifs is 3. The van der Waals surface area contributed by atoms with Crippen molar-refractivity contribution in [2.24, 2.45) is 0 Å². The molecule has 1 aliphatic carbocycles. The third kappa shape index (κ3) is 3.57. The summed E-state index contributed by atoms with van der Waals surface area (Å²) in [6.07, 6.45) is -0.540. The van der Waals surface area contributed by atoms with Gasteiger partial charge in [0.1, 0.15) is 19.0 Å². The van der Waals surface area contributed by atoms with E-state index < -0.39 is 6.09 Å². The molecule has 0 heterocycles. The number of hydrogen-bond donors (Lipinski definition) is 2. The lowest BCUT2D eigenvalue weighted by Gasteiger charge is -2.15. The molecule has 142 valence electrons. The maximum atomic E-state index is 12.4. The van der Waals surface area contributed by atoms with Crippen LogP contribution in [0.25, 0.3) is 11.1 Å². The van der Waals surface area contributed by atoms with Gasteiger partial charge in [-0.25, -0.2) is 4.79 Å². The summed E-state index contributed by atoms with van der Waals surface area (Å²) in [5, 5.41) is 11.7. The van der Waals surface area contributed by atoms with Gasteiger partial charge in [0.25, 0.3) is 0 Å². The van der Waals surface area contributed by atoms with Crippen molar-refractivity contribution in [3.05, 3.63) is 83.9 Å². The summed E-state index contributed by atoms with van der Waals surface area (Å²) in [4.78, 5) is 12.4. The summed E-state index contributed by atoms with van der Waals surface area (Å²) < 4.78 is 11.0. The van der Waals surface area contributed by atoms with Gasteiger partial charge >= 0.3 is 6.09 Å². The molecule has 0 saturated carbocycles. The van der Waals surface area contributed by atoms with Crippen LogP contribution in [0.4, 0.5) is 10.5 Å². The number of hydrogen-bond acceptors (Lipinski definition) is 4. The van der Waals surface area contributed by atoms with E-state index in [0.717, 1.165) is 0 Å². The zero-order valence-corrected chi connectivity index (χ0v) is 15.3. The summed E-state index contributed by atoms with van der Waals surface area (Å²) >= 11 is 0. The van der Waals surface area contributed by atoms with Crippen LogP contribution < -0.4 is 10.1 Å². The molecule has 4 rings (SSSR count). The van der Waals surface area contributed by atoms with Gasteiger partial charge in [0.2, 0.25) is 0 Å². The minimum atomic E-state index is -0.540. The summed E-state index contributed by atoms with van der Waals surface area (Å²) in [6, 6.07) is 23.5. The number of amides is 1. The largest absolute Gasteiger partial charge is 0.489 e. The highest BCUT2D eigenvalue weighted by atomic mass is 16.5. The molecule has 28 heavy (non-hydrogen) atoms. The van der Waals surface area contributed by atoms with Gasteiger partial charge in [0, 0.05) is 5.92 Å². The van der Waals surface area contributed by atoms with Gasteiger partial charge in [-0.2, -0.15) is 0 Å². The second-order valence-corrected chi connectivity index (χ2v) is 6.52. The topological polar surface area (TPSA) is 67.8 Å². The number of benzene rings is 3. The van der Waals surface area contributed by atoms with Crippen molar-refractivity contribution in [2.45, 2.75) is 5.92 Å². The number of nitrogens with one attached hydrogen (secondary N) is 1. The molecule has 1 aliphatic rings. The SMILES string of the molecule is O=C(Nc1ccccc1OCCO)OCC1c2ccccc2-c2ccccc21.